The number of hydrogen-bond acceptors (Lipinski definition) is 4. The Labute approximate surface area is 154 Å². The van der Waals surface area contributed by atoms with Gasteiger partial charge in [0, 0.05) is 55.9 Å². The topological polar surface area (TPSA) is 48.1 Å². The number of pyridine rings is 1. The summed E-state index contributed by atoms with van der Waals surface area (Å²) in [6, 6.07) is 15.0. The molecule has 1 atom stereocenters. The van der Waals surface area contributed by atoms with E-state index in [9.17, 15) is 0 Å². The Kier molecular flexibility index (Phi) is 4.71. The molecule has 0 aliphatic carbocycles. The van der Waals surface area contributed by atoms with E-state index in [1.54, 1.807) is 0 Å². The van der Waals surface area contributed by atoms with Crippen molar-refractivity contribution in [2.24, 2.45) is 0 Å². The van der Waals surface area contributed by atoms with Crippen LogP contribution >= 0.6 is 0 Å². The van der Waals surface area contributed by atoms with E-state index in [4.69, 9.17) is 0 Å². The van der Waals surface area contributed by atoms with E-state index >= 15 is 0 Å². The molecular formula is C21H25N5. The van der Waals surface area contributed by atoms with Gasteiger partial charge < -0.3 is 4.90 Å². The highest BCUT2D eigenvalue weighted by molar-refractivity contribution is 5.63. The summed E-state index contributed by atoms with van der Waals surface area (Å²) in [5.41, 5.74) is 5.96. The summed E-state index contributed by atoms with van der Waals surface area (Å²) in [6.45, 7) is 8.50. The van der Waals surface area contributed by atoms with Gasteiger partial charge in [-0.25, -0.2) is 0 Å². The third-order valence-electron chi connectivity index (χ3n) is 5.25. The van der Waals surface area contributed by atoms with Crippen LogP contribution in [0.25, 0.3) is 11.3 Å². The van der Waals surface area contributed by atoms with Crippen LogP contribution in [0.5, 0.6) is 0 Å². The molecule has 3 aromatic rings. The first-order valence-corrected chi connectivity index (χ1v) is 9.20. The first-order chi connectivity index (χ1) is 12.7. The number of nitrogens with one attached hydrogen (secondary N) is 1. The lowest BCUT2D eigenvalue weighted by Crippen LogP contribution is -2.51. The summed E-state index contributed by atoms with van der Waals surface area (Å²) >= 11 is 0. The van der Waals surface area contributed by atoms with Gasteiger partial charge in [0.25, 0.3) is 0 Å². The molecule has 3 heterocycles. The van der Waals surface area contributed by atoms with Gasteiger partial charge in [0.1, 0.15) is 0 Å². The number of nitrogens with zero attached hydrogens (tertiary/aromatic N) is 4. The molecule has 26 heavy (non-hydrogen) atoms. The largest absolute Gasteiger partial charge is 0.366 e. The molecular weight excluding hydrogens is 322 g/mol. The van der Waals surface area contributed by atoms with E-state index in [1.165, 1.54) is 22.5 Å². The molecule has 1 N–H and O–H groups in total. The molecule has 0 amide bonds. The van der Waals surface area contributed by atoms with Gasteiger partial charge in [-0.15, -0.1) is 0 Å². The predicted molar refractivity (Wildman–Crippen MR) is 105 cm³/mol. The third kappa shape index (κ3) is 3.35. The summed E-state index contributed by atoms with van der Waals surface area (Å²) in [6.07, 6.45) is 3.74. The van der Waals surface area contributed by atoms with Crippen LogP contribution in [0.4, 0.5) is 5.69 Å². The average Bonchev–Trinajstić information content (AvgIpc) is 3.04. The summed E-state index contributed by atoms with van der Waals surface area (Å²) in [7, 11) is 0. The van der Waals surface area contributed by atoms with Crippen molar-refractivity contribution in [2.45, 2.75) is 26.4 Å². The fourth-order valence-electron chi connectivity index (χ4n) is 3.78. The molecule has 5 heteroatoms. The molecule has 1 aliphatic rings. The van der Waals surface area contributed by atoms with Gasteiger partial charge in [0.05, 0.1) is 11.4 Å². The lowest BCUT2D eigenvalue weighted by molar-refractivity contribution is 0.218. The van der Waals surface area contributed by atoms with Crippen LogP contribution < -0.4 is 4.90 Å². The van der Waals surface area contributed by atoms with Crippen LogP contribution in [-0.2, 0) is 6.54 Å². The van der Waals surface area contributed by atoms with Gasteiger partial charge >= 0.3 is 0 Å². The molecule has 1 aliphatic heterocycles. The Balaban J connectivity index is 1.44. The molecule has 134 valence electrons. The van der Waals surface area contributed by atoms with Gasteiger partial charge in [-0.1, -0.05) is 30.3 Å². The minimum atomic E-state index is 0.475. The highest BCUT2D eigenvalue weighted by atomic mass is 15.3. The van der Waals surface area contributed by atoms with Crippen LogP contribution in [0.15, 0.2) is 54.9 Å². The monoisotopic (exact) mass is 347 g/mol. The maximum atomic E-state index is 4.56. The zero-order chi connectivity index (χ0) is 17.9. The number of H-pyrrole nitrogens is 1. The molecule has 0 bridgehead atoms. The fraction of sp³-hybridized carbons (Fsp3) is 0.333. The Morgan fingerprint density at radius 2 is 1.85 bits per heavy atom. The van der Waals surface area contributed by atoms with E-state index in [-0.39, 0.29) is 0 Å². The molecule has 1 fully saturated rings. The third-order valence-corrected chi connectivity index (χ3v) is 5.25. The maximum Gasteiger partial charge on any atom is 0.0953 e. The fourth-order valence-corrected chi connectivity index (χ4v) is 3.78. The Morgan fingerprint density at radius 1 is 1.08 bits per heavy atom. The summed E-state index contributed by atoms with van der Waals surface area (Å²) in [5, 5.41) is 7.83. The molecule has 0 radical (unpaired) electrons. The van der Waals surface area contributed by atoms with E-state index in [0.717, 1.165) is 31.9 Å². The second-order valence-corrected chi connectivity index (χ2v) is 7.02. The molecule has 1 aromatic carbocycles. The number of benzene rings is 1. The molecule has 2 aromatic heterocycles. The van der Waals surface area contributed by atoms with Crippen molar-refractivity contribution in [1.82, 2.24) is 20.1 Å². The Hall–Kier alpha value is -2.66. The number of aromatic amines is 1. The summed E-state index contributed by atoms with van der Waals surface area (Å²) in [4.78, 5) is 9.10. The van der Waals surface area contributed by atoms with Crippen molar-refractivity contribution in [3.63, 3.8) is 0 Å². The van der Waals surface area contributed by atoms with Crippen molar-refractivity contribution >= 4 is 5.69 Å². The highest BCUT2D eigenvalue weighted by Crippen LogP contribution is 2.25. The number of hydrogen-bond donors (Lipinski definition) is 1. The van der Waals surface area contributed by atoms with Gasteiger partial charge in [-0.3, -0.25) is 15.0 Å². The zero-order valence-corrected chi connectivity index (χ0v) is 15.4. The number of piperazine rings is 1. The van der Waals surface area contributed by atoms with Gasteiger partial charge in [0.15, 0.2) is 0 Å². The molecule has 1 saturated heterocycles. The number of aromatic nitrogens is 3. The van der Waals surface area contributed by atoms with Crippen molar-refractivity contribution in [2.75, 3.05) is 24.5 Å². The highest BCUT2D eigenvalue weighted by Gasteiger charge is 2.25. The molecule has 1 unspecified atom stereocenters. The standard InChI is InChI=1S/C21H25N5/c1-16-14-25(12-13-26(16)19-8-10-22-11-9-19)15-20-17(2)21(24-23-20)18-6-4-3-5-7-18/h3-11,16H,12-15H2,1-2H3,(H,23,24). The molecule has 0 saturated carbocycles. The lowest BCUT2D eigenvalue weighted by atomic mass is 10.1. The average molecular weight is 347 g/mol. The number of rotatable bonds is 4. The van der Waals surface area contributed by atoms with Crippen LogP contribution in [0.1, 0.15) is 18.2 Å². The smallest absolute Gasteiger partial charge is 0.0953 e. The van der Waals surface area contributed by atoms with Crippen molar-refractivity contribution in [3.8, 4) is 11.3 Å². The van der Waals surface area contributed by atoms with Crippen LogP contribution in [0, 0.1) is 6.92 Å². The van der Waals surface area contributed by atoms with Gasteiger partial charge in [-0.2, -0.15) is 5.10 Å². The minimum absolute atomic E-state index is 0.475. The summed E-state index contributed by atoms with van der Waals surface area (Å²) < 4.78 is 0. The van der Waals surface area contributed by atoms with Crippen molar-refractivity contribution in [3.05, 3.63) is 66.1 Å². The van der Waals surface area contributed by atoms with Gasteiger partial charge in [-0.05, 0) is 31.5 Å². The Bertz CT molecular complexity index is 843. The van der Waals surface area contributed by atoms with Crippen molar-refractivity contribution < 1.29 is 0 Å². The lowest BCUT2D eigenvalue weighted by Gasteiger charge is -2.41. The van der Waals surface area contributed by atoms with E-state index in [0.29, 0.717) is 6.04 Å². The second kappa shape index (κ2) is 7.30. The SMILES string of the molecule is Cc1c(-c2ccccc2)n[nH]c1CN1CCN(c2ccncc2)C(C)C1. The van der Waals surface area contributed by atoms with Crippen LogP contribution in [0.2, 0.25) is 0 Å². The quantitative estimate of drug-likeness (QED) is 0.785. The number of anilines is 1. The van der Waals surface area contributed by atoms with Crippen molar-refractivity contribution in [1.29, 1.82) is 0 Å². The van der Waals surface area contributed by atoms with E-state index in [1.807, 2.05) is 18.5 Å². The second-order valence-electron chi connectivity index (χ2n) is 7.02. The zero-order valence-electron chi connectivity index (χ0n) is 15.4. The first kappa shape index (κ1) is 16.8. The molecule has 5 nitrogen and oxygen atoms in total. The maximum absolute atomic E-state index is 4.56. The molecule has 0 spiro atoms. The summed E-state index contributed by atoms with van der Waals surface area (Å²) in [5.74, 6) is 0. The molecule has 4 rings (SSSR count). The van der Waals surface area contributed by atoms with E-state index < -0.39 is 0 Å². The normalized spacial score (nSPS) is 18.2. The minimum Gasteiger partial charge on any atom is -0.366 e. The van der Waals surface area contributed by atoms with Gasteiger partial charge in [0.2, 0.25) is 0 Å². The van der Waals surface area contributed by atoms with Crippen LogP contribution in [-0.4, -0.2) is 45.8 Å². The van der Waals surface area contributed by atoms with Crippen LogP contribution in [0.3, 0.4) is 0 Å². The van der Waals surface area contributed by atoms with E-state index in [2.05, 4.69) is 75.2 Å². The first-order valence-electron chi connectivity index (χ1n) is 9.20. The predicted octanol–water partition coefficient (Wildman–Crippen LogP) is 3.49. The Morgan fingerprint density at radius 3 is 2.58 bits per heavy atom.